The molecule has 1 aromatic carbocycles. The summed E-state index contributed by atoms with van der Waals surface area (Å²) in [6.45, 7) is 1.80. The molecule has 1 aliphatic rings. The Balaban J connectivity index is 1.99. The number of fused-ring (bicyclic) bond motifs is 3. The molecule has 146 valence electrons. The van der Waals surface area contributed by atoms with Crippen molar-refractivity contribution in [3.8, 4) is 11.3 Å². The van der Waals surface area contributed by atoms with Crippen molar-refractivity contribution < 1.29 is 17.6 Å². The lowest BCUT2D eigenvalue weighted by molar-refractivity contribution is 0.146. The van der Waals surface area contributed by atoms with Crippen LogP contribution in [0, 0.1) is 11.6 Å². The minimum Gasteiger partial charge on any atom is -0.360 e. The van der Waals surface area contributed by atoms with Gasteiger partial charge in [-0.1, -0.05) is 6.07 Å². The van der Waals surface area contributed by atoms with E-state index < -0.39 is 29.9 Å². The first kappa shape index (κ1) is 19.1. The average molecular weight is 474 g/mol. The lowest BCUT2D eigenvalue weighted by Gasteiger charge is -2.22. The molecule has 0 saturated heterocycles. The normalized spacial score (nSPS) is 15.9. The molecule has 0 aliphatic carbocycles. The van der Waals surface area contributed by atoms with Crippen molar-refractivity contribution in [3.63, 3.8) is 0 Å². The Kier molecular flexibility index (Phi) is 5.01. The maximum atomic E-state index is 14.4. The Morgan fingerprint density at radius 3 is 2.57 bits per heavy atom. The van der Waals surface area contributed by atoms with Gasteiger partial charge in [0.2, 0.25) is 0 Å². The molecule has 0 radical (unpaired) electrons. The van der Waals surface area contributed by atoms with E-state index in [0.717, 1.165) is 12.1 Å². The molecule has 0 saturated carbocycles. The fraction of sp³-hybridized carbons (Fsp3) is 0.176. The van der Waals surface area contributed by atoms with Crippen LogP contribution in [0.15, 0.2) is 35.1 Å². The van der Waals surface area contributed by atoms with Crippen LogP contribution in [0.2, 0.25) is 0 Å². The highest BCUT2D eigenvalue weighted by Gasteiger charge is 2.33. The predicted molar refractivity (Wildman–Crippen MR) is 104 cm³/mol. The number of aromatic nitrogens is 3. The van der Waals surface area contributed by atoms with Crippen molar-refractivity contribution in [2.45, 2.75) is 12.6 Å². The molecule has 2 N–H and O–H groups in total. The van der Waals surface area contributed by atoms with Crippen molar-refractivity contribution in [2.75, 3.05) is 17.3 Å². The summed E-state index contributed by atoms with van der Waals surface area (Å²) in [6, 6.07) is 5.11. The molecule has 3 heterocycles. The van der Waals surface area contributed by atoms with Gasteiger partial charge in [-0.3, -0.25) is 0 Å². The number of pyridine rings is 1. The number of nitrogens with one attached hydrogen (secondary N) is 2. The van der Waals surface area contributed by atoms with E-state index in [4.69, 9.17) is 0 Å². The molecule has 0 amide bonds. The van der Waals surface area contributed by atoms with Crippen molar-refractivity contribution in [3.05, 3.63) is 58.0 Å². The Labute approximate surface area is 167 Å². The van der Waals surface area contributed by atoms with Gasteiger partial charge in [-0.05, 0) is 40.8 Å². The van der Waals surface area contributed by atoms with Crippen LogP contribution in [0.25, 0.3) is 11.3 Å². The first-order valence-electron chi connectivity index (χ1n) is 8.12. The molecule has 11 heteroatoms. The van der Waals surface area contributed by atoms with Crippen molar-refractivity contribution >= 4 is 36.0 Å². The Morgan fingerprint density at radius 1 is 1.21 bits per heavy atom. The standard InChI is InChI=1S/C17H13BrF4N5P/c1-28-27-15-7-5-11(18)23-6-10(7)24-17(12-8(19)3-2-4-9(12)20)25-13(15)14(26-27)16(21)22/h2-6,16-17,24-25,28H,1H3. The smallest absolute Gasteiger partial charge is 0.284 e. The highest BCUT2D eigenvalue weighted by molar-refractivity contribution is 9.10. The topological polar surface area (TPSA) is 54.8 Å². The third-order valence-electron chi connectivity index (χ3n) is 4.33. The Bertz CT molecular complexity index is 1040. The summed E-state index contributed by atoms with van der Waals surface area (Å²) in [5, 5.41) is 9.83. The summed E-state index contributed by atoms with van der Waals surface area (Å²) in [5.41, 5.74) is 0.617. The molecule has 28 heavy (non-hydrogen) atoms. The quantitative estimate of drug-likeness (QED) is 0.298. The number of rotatable bonds is 3. The second-order valence-electron chi connectivity index (χ2n) is 5.95. The number of hydrogen-bond donors (Lipinski definition) is 2. The molecule has 2 unspecified atom stereocenters. The van der Waals surface area contributed by atoms with Crippen molar-refractivity contribution in [1.29, 1.82) is 0 Å². The lowest BCUT2D eigenvalue weighted by atomic mass is 10.1. The van der Waals surface area contributed by atoms with Crippen LogP contribution in [0.5, 0.6) is 0 Å². The predicted octanol–water partition coefficient (Wildman–Crippen LogP) is 5.53. The second-order valence-corrected chi connectivity index (χ2v) is 7.64. The monoisotopic (exact) mass is 473 g/mol. The van der Waals surface area contributed by atoms with E-state index in [1.807, 2.05) is 0 Å². The number of nitrogens with zero attached hydrogens (tertiary/aromatic N) is 3. The van der Waals surface area contributed by atoms with Gasteiger partial charge in [0.1, 0.15) is 22.4 Å². The van der Waals surface area contributed by atoms with Gasteiger partial charge in [-0.15, -0.1) is 0 Å². The Morgan fingerprint density at radius 2 is 1.93 bits per heavy atom. The molecule has 2 aromatic heterocycles. The first-order chi connectivity index (χ1) is 13.4. The van der Waals surface area contributed by atoms with E-state index in [9.17, 15) is 17.6 Å². The zero-order valence-corrected chi connectivity index (χ0v) is 16.9. The first-order valence-corrected chi connectivity index (χ1v) is 10.4. The van der Waals surface area contributed by atoms with Gasteiger partial charge in [0.05, 0.1) is 28.8 Å². The zero-order chi connectivity index (χ0) is 20.0. The largest absolute Gasteiger partial charge is 0.360 e. The van der Waals surface area contributed by atoms with Gasteiger partial charge < -0.3 is 10.6 Å². The number of anilines is 2. The maximum Gasteiger partial charge on any atom is 0.284 e. The molecule has 1 aliphatic heterocycles. The van der Waals surface area contributed by atoms with E-state index in [-0.39, 0.29) is 20.0 Å². The summed E-state index contributed by atoms with van der Waals surface area (Å²) in [4.78, 5) is 4.14. The molecule has 4 rings (SSSR count). The molecule has 3 aromatic rings. The van der Waals surface area contributed by atoms with E-state index in [1.165, 1.54) is 16.7 Å². The zero-order valence-electron chi connectivity index (χ0n) is 14.3. The van der Waals surface area contributed by atoms with E-state index in [1.54, 1.807) is 12.7 Å². The molecule has 0 bridgehead atoms. The van der Waals surface area contributed by atoms with Crippen molar-refractivity contribution in [2.24, 2.45) is 0 Å². The number of benzene rings is 1. The third kappa shape index (κ3) is 3.14. The van der Waals surface area contributed by atoms with Crippen LogP contribution in [-0.4, -0.2) is 21.2 Å². The summed E-state index contributed by atoms with van der Waals surface area (Å²) in [6.07, 6.45) is -2.53. The molecule has 0 fully saturated rings. The average Bonchev–Trinajstić information content (AvgIpc) is 2.93. The number of halogens is 5. The molecular weight excluding hydrogens is 461 g/mol. The lowest BCUT2D eigenvalue weighted by Crippen LogP contribution is -2.22. The summed E-state index contributed by atoms with van der Waals surface area (Å²) < 4.78 is 58.1. The van der Waals surface area contributed by atoms with Gasteiger partial charge in [0.15, 0.2) is 5.69 Å². The minimum absolute atomic E-state index is 0.0290. The third-order valence-corrected chi connectivity index (χ3v) is 5.51. The molecule has 5 nitrogen and oxygen atoms in total. The highest BCUT2D eigenvalue weighted by Crippen LogP contribution is 2.46. The van der Waals surface area contributed by atoms with Gasteiger partial charge >= 0.3 is 0 Å². The molecule has 0 spiro atoms. The fourth-order valence-corrected chi connectivity index (χ4v) is 4.14. The molecular formula is C17H13BrF4N5P. The number of hydrogen-bond acceptors (Lipinski definition) is 4. The SMILES string of the molecule is CPn1nc(C(F)F)c2c1-c1cc(Br)ncc1NC(c1c(F)cccc1F)N2. The van der Waals surface area contributed by atoms with Gasteiger partial charge in [0, 0.05) is 14.3 Å². The van der Waals surface area contributed by atoms with Crippen LogP contribution in [0.3, 0.4) is 0 Å². The van der Waals surface area contributed by atoms with Gasteiger partial charge in [-0.25, -0.2) is 27.0 Å². The van der Waals surface area contributed by atoms with Crippen LogP contribution in [-0.2, 0) is 0 Å². The van der Waals surface area contributed by atoms with Crippen LogP contribution in [0.1, 0.15) is 23.8 Å². The Hall–Kier alpha value is -2.19. The highest BCUT2D eigenvalue weighted by atomic mass is 79.9. The van der Waals surface area contributed by atoms with Gasteiger partial charge in [-0.2, -0.15) is 5.10 Å². The van der Waals surface area contributed by atoms with Gasteiger partial charge in [0.25, 0.3) is 6.43 Å². The van der Waals surface area contributed by atoms with Crippen LogP contribution >= 0.6 is 24.7 Å². The van der Waals surface area contributed by atoms with Crippen LogP contribution < -0.4 is 10.6 Å². The minimum atomic E-state index is -2.86. The van der Waals surface area contributed by atoms with Crippen molar-refractivity contribution in [1.82, 2.24) is 14.5 Å². The van der Waals surface area contributed by atoms with E-state index in [2.05, 4.69) is 36.6 Å². The summed E-state index contributed by atoms with van der Waals surface area (Å²) in [7, 11) is 0.0629. The van der Waals surface area contributed by atoms with E-state index in [0.29, 0.717) is 21.5 Å². The number of alkyl halides is 2. The fourth-order valence-electron chi connectivity index (χ4n) is 3.15. The van der Waals surface area contributed by atoms with E-state index >= 15 is 0 Å². The molecule has 2 atom stereocenters. The summed E-state index contributed by atoms with van der Waals surface area (Å²) in [5.74, 6) is -1.60. The second kappa shape index (κ2) is 7.33. The summed E-state index contributed by atoms with van der Waals surface area (Å²) >= 11 is 3.28. The van der Waals surface area contributed by atoms with Crippen LogP contribution in [0.4, 0.5) is 28.9 Å². The maximum absolute atomic E-state index is 14.4.